The molecule has 27 heavy (non-hydrogen) atoms. The summed E-state index contributed by atoms with van der Waals surface area (Å²) in [6.45, 7) is 5.88. The van der Waals surface area contributed by atoms with E-state index in [0.717, 1.165) is 24.5 Å². The number of carbonyl (C=O) groups excluding carboxylic acids is 2. The molecule has 0 spiro atoms. The molecule has 1 aliphatic heterocycles. The number of anilines is 1. The number of rotatable bonds is 7. The monoisotopic (exact) mass is 387 g/mol. The van der Waals surface area contributed by atoms with Crippen LogP contribution in [0, 0.1) is 0 Å². The number of carbonyl (C=O) groups is 2. The zero-order valence-electron chi connectivity index (χ0n) is 15.5. The number of hydrogen-bond donors (Lipinski definition) is 1. The molecule has 0 saturated carbocycles. The van der Waals surface area contributed by atoms with E-state index in [1.54, 1.807) is 6.07 Å². The fourth-order valence-electron chi connectivity index (χ4n) is 3.13. The Bertz CT molecular complexity index is 756. The first-order chi connectivity index (χ1) is 13.2. The van der Waals surface area contributed by atoms with E-state index in [2.05, 4.69) is 16.3 Å². The molecule has 0 atom stereocenters. The standard InChI is InChI=1S/C20H25N3O3S/c1-2-26-17-7-4-3-6-16(17)22-11-13-23(14-12-22)19(24)9-10-21-20(25)18-8-5-15-27-18/h3-8,15H,2,9-14H2,1H3,(H,21,25). The number of para-hydroxylation sites is 2. The van der Waals surface area contributed by atoms with Gasteiger partial charge in [0.1, 0.15) is 5.75 Å². The molecule has 1 aromatic carbocycles. The summed E-state index contributed by atoms with van der Waals surface area (Å²) in [6.07, 6.45) is 0.326. The highest BCUT2D eigenvalue weighted by Crippen LogP contribution is 2.28. The minimum Gasteiger partial charge on any atom is -0.492 e. The van der Waals surface area contributed by atoms with Crippen LogP contribution in [0.15, 0.2) is 41.8 Å². The Morgan fingerprint density at radius 3 is 2.59 bits per heavy atom. The summed E-state index contributed by atoms with van der Waals surface area (Å²) in [4.78, 5) is 29.1. The molecule has 2 heterocycles. The summed E-state index contributed by atoms with van der Waals surface area (Å²) in [7, 11) is 0. The Morgan fingerprint density at radius 1 is 1.11 bits per heavy atom. The number of benzene rings is 1. The minimum atomic E-state index is -0.116. The van der Waals surface area contributed by atoms with Crippen LogP contribution in [-0.4, -0.2) is 56.0 Å². The van der Waals surface area contributed by atoms with Crippen LogP contribution in [0.3, 0.4) is 0 Å². The molecule has 0 radical (unpaired) electrons. The van der Waals surface area contributed by atoms with Gasteiger partial charge in [-0.25, -0.2) is 0 Å². The van der Waals surface area contributed by atoms with Gasteiger partial charge >= 0.3 is 0 Å². The fraction of sp³-hybridized carbons (Fsp3) is 0.400. The number of piperazine rings is 1. The van der Waals surface area contributed by atoms with Gasteiger partial charge < -0.3 is 19.9 Å². The van der Waals surface area contributed by atoms with Crippen molar-refractivity contribution in [3.8, 4) is 5.75 Å². The van der Waals surface area contributed by atoms with Gasteiger partial charge in [0.15, 0.2) is 0 Å². The summed E-state index contributed by atoms with van der Waals surface area (Å²) >= 11 is 1.40. The molecule has 1 aromatic heterocycles. The van der Waals surface area contributed by atoms with E-state index < -0.39 is 0 Å². The molecule has 6 nitrogen and oxygen atoms in total. The highest BCUT2D eigenvalue weighted by molar-refractivity contribution is 7.12. The fourth-order valence-corrected chi connectivity index (χ4v) is 3.77. The molecule has 1 fully saturated rings. The molecule has 3 rings (SSSR count). The quantitative estimate of drug-likeness (QED) is 0.793. The van der Waals surface area contributed by atoms with Crippen LogP contribution in [-0.2, 0) is 4.79 Å². The molecular weight excluding hydrogens is 362 g/mol. The lowest BCUT2D eigenvalue weighted by Gasteiger charge is -2.36. The molecule has 2 aromatic rings. The highest BCUT2D eigenvalue weighted by atomic mass is 32.1. The summed E-state index contributed by atoms with van der Waals surface area (Å²) < 4.78 is 5.71. The topological polar surface area (TPSA) is 61.9 Å². The third-order valence-corrected chi connectivity index (χ3v) is 5.38. The van der Waals surface area contributed by atoms with E-state index in [1.807, 2.05) is 41.5 Å². The van der Waals surface area contributed by atoms with Crippen LogP contribution in [0.1, 0.15) is 23.0 Å². The number of amides is 2. The van der Waals surface area contributed by atoms with E-state index in [4.69, 9.17) is 4.74 Å². The average molecular weight is 388 g/mol. The van der Waals surface area contributed by atoms with Crippen molar-refractivity contribution in [1.82, 2.24) is 10.2 Å². The van der Waals surface area contributed by atoms with Crippen molar-refractivity contribution in [2.45, 2.75) is 13.3 Å². The number of ether oxygens (including phenoxy) is 1. The van der Waals surface area contributed by atoms with Crippen molar-refractivity contribution in [3.05, 3.63) is 46.7 Å². The lowest BCUT2D eigenvalue weighted by molar-refractivity contribution is -0.131. The lowest BCUT2D eigenvalue weighted by Crippen LogP contribution is -2.49. The smallest absolute Gasteiger partial charge is 0.261 e. The van der Waals surface area contributed by atoms with Gasteiger partial charge in [-0.2, -0.15) is 0 Å². The number of hydrogen-bond acceptors (Lipinski definition) is 5. The van der Waals surface area contributed by atoms with Crippen LogP contribution >= 0.6 is 11.3 Å². The Hall–Kier alpha value is -2.54. The van der Waals surface area contributed by atoms with Gasteiger partial charge in [0.2, 0.25) is 5.91 Å². The second-order valence-corrected chi connectivity index (χ2v) is 7.20. The predicted octanol–water partition coefficient (Wildman–Crippen LogP) is 2.62. The van der Waals surface area contributed by atoms with Gasteiger partial charge in [-0.3, -0.25) is 9.59 Å². The third kappa shape index (κ3) is 5.01. The molecule has 2 amide bonds. The first-order valence-electron chi connectivity index (χ1n) is 9.25. The first kappa shape index (κ1) is 19.2. The maximum atomic E-state index is 12.4. The van der Waals surface area contributed by atoms with E-state index >= 15 is 0 Å². The van der Waals surface area contributed by atoms with Crippen LogP contribution in [0.2, 0.25) is 0 Å². The molecule has 1 aliphatic rings. The van der Waals surface area contributed by atoms with Crippen LogP contribution in [0.25, 0.3) is 0 Å². The van der Waals surface area contributed by atoms with Crippen LogP contribution < -0.4 is 15.0 Å². The second kappa shape index (κ2) is 9.41. The normalized spacial score (nSPS) is 14.1. The zero-order valence-corrected chi connectivity index (χ0v) is 16.3. The van der Waals surface area contributed by atoms with Crippen molar-refractivity contribution < 1.29 is 14.3 Å². The van der Waals surface area contributed by atoms with Gasteiger partial charge in [-0.15, -0.1) is 11.3 Å². The van der Waals surface area contributed by atoms with Crippen molar-refractivity contribution in [2.75, 3.05) is 44.2 Å². The van der Waals surface area contributed by atoms with E-state index in [0.29, 0.717) is 37.5 Å². The van der Waals surface area contributed by atoms with E-state index in [9.17, 15) is 9.59 Å². The zero-order chi connectivity index (χ0) is 19.1. The summed E-state index contributed by atoms with van der Waals surface area (Å²) in [5.41, 5.74) is 1.08. The number of nitrogens with one attached hydrogen (secondary N) is 1. The molecule has 0 bridgehead atoms. The van der Waals surface area contributed by atoms with Gasteiger partial charge in [-0.05, 0) is 30.5 Å². The largest absolute Gasteiger partial charge is 0.492 e. The Morgan fingerprint density at radius 2 is 1.89 bits per heavy atom. The van der Waals surface area contributed by atoms with Crippen molar-refractivity contribution >= 4 is 28.8 Å². The second-order valence-electron chi connectivity index (χ2n) is 6.25. The van der Waals surface area contributed by atoms with Gasteiger partial charge in [0.05, 0.1) is 17.2 Å². The van der Waals surface area contributed by atoms with Crippen molar-refractivity contribution in [2.24, 2.45) is 0 Å². The van der Waals surface area contributed by atoms with Crippen LogP contribution in [0.5, 0.6) is 5.75 Å². The maximum Gasteiger partial charge on any atom is 0.261 e. The Labute approximate surface area is 163 Å². The molecule has 0 unspecified atom stereocenters. The summed E-state index contributed by atoms with van der Waals surface area (Å²) in [5.74, 6) is 0.852. The van der Waals surface area contributed by atoms with Gasteiger partial charge in [-0.1, -0.05) is 18.2 Å². The third-order valence-electron chi connectivity index (χ3n) is 4.51. The molecule has 1 N–H and O–H groups in total. The molecular formula is C20H25N3O3S. The number of thiophene rings is 1. The Balaban J connectivity index is 1.45. The minimum absolute atomic E-state index is 0.0826. The van der Waals surface area contributed by atoms with E-state index in [1.165, 1.54) is 11.3 Å². The van der Waals surface area contributed by atoms with Gasteiger partial charge in [0, 0.05) is 39.1 Å². The van der Waals surface area contributed by atoms with Crippen LogP contribution in [0.4, 0.5) is 5.69 Å². The maximum absolute atomic E-state index is 12.4. The highest BCUT2D eigenvalue weighted by Gasteiger charge is 2.22. The molecule has 144 valence electrons. The van der Waals surface area contributed by atoms with E-state index in [-0.39, 0.29) is 11.8 Å². The molecule has 1 saturated heterocycles. The van der Waals surface area contributed by atoms with Crippen molar-refractivity contribution in [3.63, 3.8) is 0 Å². The average Bonchev–Trinajstić information content (AvgIpc) is 3.24. The predicted molar refractivity (Wildman–Crippen MR) is 108 cm³/mol. The molecule has 0 aliphatic carbocycles. The summed E-state index contributed by atoms with van der Waals surface area (Å²) in [5, 5.41) is 4.67. The Kier molecular flexibility index (Phi) is 6.70. The number of nitrogens with zero attached hydrogens (tertiary/aromatic N) is 2. The van der Waals surface area contributed by atoms with Crippen molar-refractivity contribution in [1.29, 1.82) is 0 Å². The SMILES string of the molecule is CCOc1ccccc1N1CCN(C(=O)CCNC(=O)c2cccs2)CC1. The summed E-state index contributed by atoms with van der Waals surface area (Å²) in [6, 6.07) is 11.6. The first-order valence-corrected chi connectivity index (χ1v) is 10.1. The lowest BCUT2D eigenvalue weighted by atomic mass is 10.2. The van der Waals surface area contributed by atoms with Gasteiger partial charge in [0.25, 0.3) is 5.91 Å². The molecule has 7 heteroatoms.